The second-order valence-electron chi connectivity index (χ2n) is 5.95. The average Bonchev–Trinajstić information content (AvgIpc) is 2.68. The summed E-state index contributed by atoms with van der Waals surface area (Å²) in [4.78, 5) is 24.4. The van der Waals surface area contributed by atoms with Crippen LogP contribution in [0.15, 0.2) is 75.9 Å². The molecule has 0 saturated carbocycles. The van der Waals surface area contributed by atoms with E-state index < -0.39 is 11.6 Å². The molecule has 0 radical (unpaired) electrons. The Balaban J connectivity index is 2.00. The fourth-order valence-corrected chi connectivity index (χ4v) is 3.08. The molecule has 0 aliphatic carbocycles. The summed E-state index contributed by atoms with van der Waals surface area (Å²) in [5.41, 5.74) is 2.53. The van der Waals surface area contributed by atoms with Crippen LogP contribution in [0.3, 0.4) is 0 Å². The molecular weight excluding hydrogens is 328 g/mol. The predicted octanol–water partition coefficient (Wildman–Crippen LogP) is 4.79. The first-order valence-electron chi connectivity index (χ1n) is 8.40. The Labute approximate surface area is 149 Å². The van der Waals surface area contributed by atoms with Crippen LogP contribution in [-0.2, 0) is 4.74 Å². The molecule has 0 spiro atoms. The molecule has 0 amide bonds. The van der Waals surface area contributed by atoms with Crippen molar-refractivity contribution < 1.29 is 13.9 Å². The highest BCUT2D eigenvalue weighted by Crippen LogP contribution is 2.29. The molecule has 1 heterocycles. The first-order valence-corrected chi connectivity index (χ1v) is 8.40. The molecule has 0 saturated heterocycles. The number of hydrogen-bond donors (Lipinski definition) is 0. The van der Waals surface area contributed by atoms with Gasteiger partial charge in [-0.3, -0.25) is 0 Å². The van der Waals surface area contributed by atoms with E-state index in [4.69, 9.17) is 9.15 Å². The van der Waals surface area contributed by atoms with Gasteiger partial charge in [-0.25, -0.2) is 9.59 Å². The Bertz CT molecular complexity index is 1170. The lowest BCUT2D eigenvalue weighted by molar-refractivity contribution is 0.0526. The third-order valence-corrected chi connectivity index (χ3v) is 4.33. The van der Waals surface area contributed by atoms with Gasteiger partial charge >= 0.3 is 11.6 Å². The zero-order valence-corrected chi connectivity index (χ0v) is 14.2. The van der Waals surface area contributed by atoms with Crippen molar-refractivity contribution in [2.24, 2.45) is 0 Å². The van der Waals surface area contributed by atoms with Crippen molar-refractivity contribution in [2.45, 2.75) is 6.92 Å². The van der Waals surface area contributed by atoms with Crippen LogP contribution in [0, 0.1) is 0 Å². The summed E-state index contributed by atoms with van der Waals surface area (Å²) in [5.74, 6) is -0.395. The number of carbonyl (C=O) groups excluding carboxylic acids is 1. The maximum absolute atomic E-state index is 12.3. The molecule has 0 N–H and O–H groups in total. The molecule has 0 unspecified atom stereocenters. The topological polar surface area (TPSA) is 56.5 Å². The van der Waals surface area contributed by atoms with E-state index in [9.17, 15) is 9.59 Å². The largest absolute Gasteiger partial charge is 0.462 e. The molecule has 4 rings (SSSR count). The second-order valence-corrected chi connectivity index (χ2v) is 5.95. The maximum Gasteiger partial charge on any atom is 0.344 e. The molecule has 0 aliphatic rings. The van der Waals surface area contributed by atoms with E-state index in [1.807, 2.05) is 42.5 Å². The maximum atomic E-state index is 12.3. The fourth-order valence-electron chi connectivity index (χ4n) is 3.08. The van der Waals surface area contributed by atoms with Gasteiger partial charge in [0.25, 0.3) is 0 Å². The summed E-state index contributed by atoms with van der Waals surface area (Å²) < 4.78 is 10.5. The molecule has 3 aromatic carbocycles. The quantitative estimate of drug-likeness (QED) is 0.305. The van der Waals surface area contributed by atoms with Crippen LogP contribution in [-0.4, -0.2) is 12.6 Å². The fraction of sp³-hybridized carbons (Fsp3) is 0.0909. The molecule has 0 bridgehead atoms. The van der Waals surface area contributed by atoms with Crippen molar-refractivity contribution in [2.75, 3.05) is 6.61 Å². The van der Waals surface area contributed by atoms with Crippen LogP contribution < -0.4 is 5.63 Å². The highest BCUT2D eigenvalue weighted by atomic mass is 16.5. The van der Waals surface area contributed by atoms with Crippen LogP contribution in [0.25, 0.3) is 32.9 Å². The number of rotatable bonds is 3. The zero-order valence-electron chi connectivity index (χ0n) is 14.2. The predicted molar refractivity (Wildman–Crippen MR) is 101 cm³/mol. The van der Waals surface area contributed by atoms with Crippen molar-refractivity contribution in [3.63, 3.8) is 0 Å². The number of carbonyl (C=O) groups is 1. The van der Waals surface area contributed by atoms with Crippen LogP contribution in [0.5, 0.6) is 0 Å². The Kier molecular flexibility index (Phi) is 4.01. The molecule has 0 atom stereocenters. The van der Waals surface area contributed by atoms with Crippen molar-refractivity contribution in [1.82, 2.24) is 0 Å². The SMILES string of the molecule is CCOC(=O)c1ccc2oc(=O)c3ccc(-c4ccccc4)cc3c2c1. The van der Waals surface area contributed by atoms with Gasteiger partial charge < -0.3 is 9.15 Å². The molecular formula is C22H16O4. The molecule has 0 fully saturated rings. The van der Waals surface area contributed by atoms with E-state index in [-0.39, 0.29) is 0 Å². The monoisotopic (exact) mass is 344 g/mol. The van der Waals surface area contributed by atoms with Crippen molar-refractivity contribution in [3.05, 3.63) is 82.7 Å². The zero-order chi connectivity index (χ0) is 18.1. The minimum absolute atomic E-state index is 0.305. The Morgan fingerprint density at radius 3 is 2.46 bits per heavy atom. The Morgan fingerprint density at radius 2 is 1.69 bits per heavy atom. The summed E-state index contributed by atoms with van der Waals surface area (Å²) in [6, 6.07) is 20.5. The van der Waals surface area contributed by atoms with E-state index in [0.717, 1.165) is 16.5 Å². The Morgan fingerprint density at radius 1 is 0.885 bits per heavy atom. The molecule has 1 aromatic heterocycles. The second kappa shape index (κ2) is 6.48. The first kappa shape index (κ1) is 16.1. The smallest absolute Gasteiger partial charge is 0.344 e. The lowest BCUT2D eigenvalue weighted by Crippen LogP contribution is -2.05. The minimum atomic E-state index is -0.395. The molecule has 26 heavy (non-hydrogen) atoms. The molecule has 4 nitrogen and oxygen atoms in total. The lowest BCUT2D eigenvalue weighted by atomic mass is 9.99. The van der Waals surface area contributed by atoms with Gasteiger partial charge in [0.2, 0.25) is 0 Å². The first-order chi connectivity index (χ1) is 12.7. The molecule has 0 aliphatic heterocycles. The highest BCUT2D eigenvalue weighted by Gasteiger charge is 2.13. The summed E-state index contributed by atoms with van der Waals surface area (Å²) in [6.07, 6.45) is 0. The van der Waals surface area contributed by atoms with Crippen LogP contribution in [0.4, 0.5) is 0 Å². The average molecular weight is 344 g/mol. The number of esters is 1. The van der Waals surface area contributed by atoms with Crippen molar-refractivity contribution >= 4 is 27.7 Å². The summed E-state index contributed by atoms with van der Waals surface area (Å²) in [7, 11) is 0. The van der Waals surface area contributed by atoms with Crippen LogP contribution >= 0.6 is 0 Å². The minimum Gasteiger partial charge on any atom is -0.462 e. The standard InChI is InChI=1S/C22H16O4/c1-2-25-21(23)16-9-11-20-19(13-16)18-12-15(14-6-4-3-5-7-14)8-10-17(18)22(24)26-20/h3-13H,2H2,1H3. The third kappa shape index (κ3) is 2.75. The van der Waals surface area contributed by atoms with Crippen molar-refractivity contribution in [1.29, 1.82) is 0 Å². The van der Waals surface area contributed by atoms with Gasteiger partial charge in [-0.05, 0) is 48.4 Å². The van der Waals surface area contributed by atoms with Gasteiger partial charge in [0.15, 0.2) is 0 Å². The van der Waals surface area contributed by atoms with Gasteiger partial charge in [-0.15, -0.1) is 0 Å². The Hall–Kier alpha value is -3.40. The third-order valence-electron chi connectivity index (χ3n) is 4.33. The summed E-state index contributed by atoms with van der Waals surface area (Å²) in [5, 5.41) is 1.95. The molecule has 4 heteroatoms. The molecule has 4 aromatic rings. The van der Waals surface area contributed by atoms with Crippen LogP contribution in [0.2, 0.25) is 0 Å². The molecule has 128 valence electrons. The van der Waals surface area contributed by atoms with Gasteiger partial charge in [0, 0.05) is 10.8 Å². The number of ether oxygens (including phenoxy) is 1. The van der Waals surface area contributed by atoms with Gasteiger partial charge in [-0.2, -0.15) is 0 Å². The van der Waals surface area contributed by atoms with E-state index in [1.54, 1.807) is 31.2 Å². The van der Waals surface area contributed by atoms with Gasteiger partial charge in [0.1, 0.15) is 5.58 Å². The lowest BCUT2D eigenvalue weighted by Gasteiger charge is -2.08. The summed E-state index contributed by atoms with van der Waals surface area (Å²) in [6.45, 7) is 2.07. The van der Waals surface area contributed by atoms with E-state index in [1.165, 1.54) is 0 Å². The van der Waals surface area contributed by atoms with E-state index >= 15 is 0 Å². The van der Waals surface area contributed by atoms with Gasteiger partial charge in [0.05, 0.1) is 17.6 Å². The van der Waals surface area contributed by atoms with Crippen molar-refractivity contribution in [3.8, 4) is 11.1 Å². The normalized spacial score (nSPS) is 11.0. The number of hydrogen-bond acceptors (Lipinski definition) is 4. The number of fused-ring (bicyclic) bond motifs is 3. The van der Waals surface area contributed by atoms with Gasteiger partial charge in [-0.1, -0.05) is 36.4 Å². The summed E-state index contributed by atoms with van der Waals surface area (Å²) >= 11 is 0. The van der Waals surface area contributed by atoms with E-state index in [0.29, 0.717) is 28.5 Å². The van der Waals surface area contributed by atoms with E-state index in [2.05, 4.69) is 0 Å². The highest BCUT2D eigenvalue weighted by molar-refractivity contribution is 6.08. The van der Waals surface area contributed by atoms with Crippen LogP contribution in [0.1, 0.15) is 17.3 Å². The number of benzene rings is 3.